The molecule has 0 radical (unpaired) electrons. The lowest BCUT2D eigenvalue weighted by Crippen LogP contribution is -2.49. The third kappa shape index (κ3) is 5.28. The zero-order valence-electron chi connectivity index (χ0n) is 12.7. The zero-order chi connectivity index (χ0) is 14.8. The Bertz CT molecular complexity index is 597. The summed E-state index contributed by atoms with van der Waals surface area (Å²) in [7, 11) is 0. The maximum Gasteiger partial charge on any atom is 0.227 e. The van der Waals surface area contributed by atoms with E-state index >= 15 is 0 Å². The molecule has 22 heavy (non-hydrogen) atoms. The maximum atomic E-state index is 12.0. The summed E-state index contributed by atoms with van der Waals surface area (Å²) in [4.78, 5) is 16.4. The van der Waals surface area contributed by atoms with E-state index in [9.17, 15) is 4.79 Å². The molecule has 0 atom stereocenters. The number of carbonyl (C=O) groups is 1. The highest BCUT2D eigenvalue weighted by atomic mass is 35.5. The molecule has 0 aromatic carbocycles. The molecule has 124 valence electrons. The lowest BCUT2D eigenvalue weighted by atomic mass is 10.1. The molecule has 2 heterocycles. The number of nitrogens with zero attached hydrogens (tertiary/aromatic N) is 1. The molecule has 0 saturated heterocycles. The Labute approximate surface area is 146 Å². The van der Waals surface area contributed by atoms with Crippen molar-refractivity contribution in [2.45, 2.75) is 32.7 Å². The van der Waals surface area contributed by atoms with Gasteiger partial charge in [0.25, 0.3) is 0 Å². The fraction of sp³-hybridized carbons (Fsp3) is 0.429. The topological polar surface area (TPSA) is 81.2 Å². The van der Waals surface area contributed by atoms with Crippen molar-refractivity contribution >= 4 is 42.1 Å². The Morgan fingerprint density at radius 2 is 2.14 bits per heavy atom. The van der Waals surface area contributed by atoms with Crippen molar-refractivity contribution in [1.82, 2.24) is 10.3 Å². The highest BCUT2D eigenvalue weighted by Crippen LogP contribution is 2.24. The first-order valence-electron chi connectivity index (χ1n) is 6.41. The van der Waals surface area contributed by atoms with Crippen molar-refractivity contribution in [2.24, 2.45) is 5.73 Å². The molecule has 0 unspecified atom stereocenters. The molecule has 2 rings (SSSR count). The van der Waals surface area contributed by atoms with Crippen LogP contribution in [0.1, 0.15) is 25.3 Å². The van der Waals surface area contributed by atoms with Crippen molar-refractivity contribution in [1.29, 1.82) is 0 Å². The van der Waals surface area contributed by atoms with E-state index in [-0.39, 0.29) is 37.1 Å². The third-order valence-electron chi connectivity index (χ3n) is 2.98. The summed E-state index contributed by atoms with van der Waals surface area (Å²) in [5, 5.41) is 6.81. The summed E-state index contributed by atoms with van der Waals surface area (Å²) in [5.74, 6) is 1.13. The van der Waals surface area contributed by atoms with E-state index in [4.69, 9.17) is 10.2 Å². The fourth-order valence-electron chi connectivity index (χ4n) is 1.73. The predicted molar refractivity (Wildman–Crippen MR) is 94.0 cm³/mol. The van der Waals surface area contributed by atoms with Crippen molar-refractivity contribution in [3.8, 4) is 11.5 Å². The van der Waals surface area contributed by atoms with Gasteiger partial charge in [0.15, 0.2) is 0 Å². The molecule has 5 nitrogen and oxygen atoms in total. The summed E-state index contributed by atoms with van der Waals surface area (Å²) in [6.07, 6.45) is 0.197. The molecule has 0 fully saturated rings. The lowest BCUT2D eigenvalue weighted by Gasteiger charge is -2.23. The van der Waals surface area contributed by atoms with Gasteiger partial charge >= 0.3 is 0 Å². The van der Waals surface area contributed by atoms with Crippen LogP contribution in [0.25, 0.3) is 11.5 Å². The van der Waals surface area contributed by atoms with Crippen molar-refractivity contribution in [3.63, 3.8) is 0 Å². The van der Waals surface area contributed by atoms with Crippen LogP contribution in [0.2, 0.25) is 0 Å². The van der Waals surface area contributed by atoms with Crippen LogP contribution in [0.5, 0.6) is 0 Å². The van der Waals surface area contributed by atoms with Gasteiger partial charge in [-0.1, -0.05) is 0 Å². The molecule has 0 bridgehead atoms. The zero-order valence-corrected chi connectivity index (χ0v) is 15.2. The Balaban J connectivity index is 0.00000220. The molecule has 0 aliphatic carbocycles. The normalized spacial score (nSPS) is 10.5. The number of aryl methyl sites for hydroxylation is 1. The van der Waals surface area contributed by atoms with E-state index in [2.05, 4.69) is 10.3 Å². The number of hydrogen-bond acceptors (Lipinski definition) is 5. The lowest BCUT2D eigenvalue weighted by molar-refractivity contribution is -0.122. The standard InChI is InChI=1S/C14H19N3O2S.2ClH/c1-9-11(6-12(18)17-14(2,3)8-15)16-13(19-9)10-4-5-20-7-10;;/h4-5,7H,6,8,15H2,1-3H3,(H,17,18);2*1H. The maximum absolute atomic E-state index is 12.0. The number of rotatable bonds is 5. The van der Waals surface area contributed by atoms with Crippen LogP contribution in [0.4, 0.5) is 0 Å². The van der Waals surface area contributed by atoms with Crippen LogP contribution in [0, 0.1) is 6.92 Å². The van der Waals surface area contributed by atoms with E-state index in [1.165, 1.54) is 0 Å². The van der Waals surface area contributed by atoms with Crippen LogP contribution < -0.4 is 11.1 Å². The number of amides is 1. The summed E-state index contributed by atoms with van der Waals surface area (Å²) in [5.41, 5.74) is 6.79. The number of nitrogens with one attached hydrogen (secondary N) is 1. The van der Waals surface area contributed by atoms with Crippen molar-refractivity contribution < 1.29 is 9.21 Å². The molecule has 0 spiro atoms. The van der Waals surface area contributed by atoms with Gasteiger partial charge in [-0.2, -0.15) is 11.3 Å². The summed E-state index contributed by atoms with van der Waals surface area (Å²) >= 11 is 1.58. The molecular weight excluding hydrogens is 345 g/mol. The van der Waals surface area contributed by atoms with E-state index in [1.807, 2.05) is 37.6 Å². The van der Waals surface area contributed by atoms with E-state index in [1.54, 1.807) is 11.3 Å². The number of carbonyl (C=O) groups excluding carboxylic acids is 1. The fourth-order valence-corrected chi connectivity index (χ4v) is 2.36. The second-order valence-corrected chi connectivity index (χ2v) is 6.13. The minimum Gasteiger partial charge on any atom is -0.441 e. The average Bonchev–Trinajstić information content (AvgIpc) is 2.99. The Kier molecular flexibility index (Phi) is 8.11. The first-order valence-corrected chi connectivity index (χ1v) is 7.35. The minimum atomic E-state index is -0.412. The van der Waals surface area contributed by atoms with Crippen LogP contribution >= 0.6 is 36.2 Å². The van der Waals surface area contributed by atoms with Gasteiger partial charge in [0, 0.05) is 23.0 Å². The largest absolute Gasteiger partial charge is 0.441 e. The molecule has 0 aliphatic heterocycles. The van der Waals surface area contributed by atoms with Gasteiger partial charge in [-0.25, -0.2) is 4.98 Å². The monoisotopic (exact) mass is 365 g/mol. The highest BCUT2D eigenvalue weighted by molar-refractivity contribution is 7.08. The van der Waals surface area contributed by atoms with Gasteiger partial charge in [0.2, 0.25) is 11.8 Å². The first-order chi connectivity index (χ1) is 9.41. The second kappa shape index (κ2) is 8.53. The Morgan fingerprint density at radius 1 is 1.45 bits per heavy atom. The molecular formula is C14H21Cl2N3O2S. The summed E-state index contributed by atoms with van der Waals surface area (Å²) < 4.78 is 5.61. The Hall–Kier alpha value is -1.08. The predicted octanol–water partition coefficient (Wildman–Crippen LogP) is 2.95. The first kappa shape index (κ1) is 20.9. The van der Waals surface area contributed by atoms with Crippen molar-refractivity contribution in [2.75, 3.05) is 6.54 Å². The average molecular weight is 366 g/mol. The van der Waals surface area contributed by atoms with Crippen LogP contribution in [0.3, 0.4) is 0 Å². The summed E-state index contributed by atoms with van der Waals surface area (Å²) in [6, 6.07) is 1.94. The molecule has 8 heteroatoms. The molecule has 2 aromatic rings. The number of hydrogen-bond donors (Lipinski definition) is 2. The van der Waals surface area contributed by atoms with Crippen molar-refractivity contribution in [3.05, 3.63) is 28.3 Å². The van der Waals surface area contributed by atoms with Gasteiger partial charge in [0.1, 0.15) is 5.76 Å². The molecule has 2 aromatic heterocycles. The van der Waals surface area contributed by atoms with E-state index < -0.39 is 5.54 Å². The van der Waals surface area contributed by atoms with E-state index in [0.29, 0.717) is 23.9 Å². The molecule has 0 aliphatic rings. The van der Waals surface area contributed by atoms with Crippen LogP contribution in [0.15, 0.2) is 21.2 Å². The smallest absolute Gasteiger partial charge is 0.227 e. The molecule has 1 amide bonds. The van der Waals surface area contributed by atoms with Gasteiger partial charge in [-0.15, -0.1) is 24.8 Å². The molecule has 0 saturated carbocycles. The van der Waals surface area contributed by atoms with Gasteiger partial charge in [-0.3, -0.25) is 4.79 Å². The van der Waals surface area contributed by atoms with Crippen LogP contribution in [-0.4, -0.2) is 23.0 Å². The second-order valence-electron chi connectivity index (χ2n) is 5.35. The number of aromatic nitrogens is 1. The molecule has 3 N–H and O–H groups in total. The van der Waals surface area contributed by atoms with Crippen LogP contribution in [-0.2, 0) is 11.2 Å². The number of oxazole rings is 1. The van der Waals surface area contributed by atoms with Gasteiger partial charge < -0.3 is 15.5 Å². The summed E-state index contributed by atoms with van der Waals surface area (Å²) in [6.45, 7) is 5.98. The quantitative estimate of drug-likeness (QED) is 0.853. The number of thiophene rings is 1. The third-order valence-corrected chi connectivity index (χ3v) is 3.66. The highest BCUT2D eigenvalue weighted by Gasteiger charge is 2.20. The Morgan fingerprint density at radius 3 is 2.68 bits per heavy atom. The van der Waals surface area contributed by atoms with E-state index in [0.717, 1.165) is 5.56 Å². The SMILES string of the molecule is Cc1oc(-c2ccsc2)nc1CC(=O)NC(C)(C)CN.Cl.Cl. The number of halogens is 2. The minimum absolute atomic E-state index is 0. The number of nitrogens with two attached hydrogens (primary N) is 1. The van der Waals surface area contributed by atoms with Gasteiger partial charge in [-0.05, 0) is 32.2 Å². The van der Waals surface area contributed by atoms with Gasteiger partial charge in [0.05, 0.1) is 12.1 Å².